The third kappa shape index (κ3) is 4.25. The minimum absolute atomic E-state index is 0.0624. The van der Waals surface area contributed by atoms with E-state index in [4.69, 9.17) is 0 Å². The van der Waals surface area contributed by atoms with Crippen molar-refractivity contribution in [2.45, 2.75) is 23.5 Å². The molecule has 1 amide bonds. The Bertz CT molecular complexity index is 882. The van der Waals surface area contributed by atoms with Gasteiger partial charge in [0.2, 0.25) is 5.91 Å². The number of pyridine rings is 1. The first kappa shape index (κ1) is 18.5. The number of hydrogen-bond donors (Lipinski definition) is 1. The van der Waals surface area contributed by atoms with Gasteiger partial charge >= 0.3 is 0 Å². The van der Waals surface area contributed by atoms with E-state index in [1.165, 1.54) is 11.8 Å². The van der Waals surface area contributed by atoms with Crippen molar-refractivity contribution in [1.29, 1.82) is 0 Å². The Labute approximate surface area is 160 Å². The first-order chi connectivity index (χ1) is 12.7. The number of carbonyl (C=O) groups excluding carboxylic acids is 1. The van der Waals surface area contributed by atoms with Gasteiger partial charge in [-0.25, -0.2) is 0 Å². The lowest BCUT2D eigenvalue weighted by Crippen LogP contribution is -2.15. The highest BCUT2D eigenvalue weighted by atomic mass is 32.2. The predicted octanol–water partition coefficient (Wildman–Crippen LogP) is 3.81. The average Bonchev–Trinajstić information content (AvgIpc) is 3.10. The smallest absolute Gasteiger partial charge is 0.234 e. The highest BCUT2D eigenvalue weighted by Crippen LogP contribution is 2.26. The fraction of sp³-hybridized carbons (Fsp3) is 0.222. The summed E-state index contributed by atoms with van der Waals surface area (Å²) in [5, 5.41) is 12.2. The molecule has 3 rings (SSSR count). The summed E-state index contributed by atoms with van der Waals surface area (Å²) in [6, 6.07) is 11.6. The second-order valence-corrected chi connectivity index (χ2v) is 7.11. The second-order valence-electron chi connectivity index (χ2n) is 5.32. The standard InChI is InChI=1S/C18H19N5OS2/c1-3-23-17(13-8-10-19-11-9-13)21-22-18(23)26-12-16(24)20-14-6-4-5-7-15(14)25-2/h4-11H,3,12H2,1-2H3,(H,20,24). The molecule has 0 saturated heterocycles. The van der Waals surface area contributed by atoms with Crippen LogP contribution >= 0.6 is 23.5 Å². The van der Waals surface area contributed by atoms with Crippen molar-refractivity contribution in [3.8, 4) is 11.4 Å². The first-order valence-corrected chi connectivity index (χ1v) is 10.3. The number of aromatic nitrogens is 4. The number of carbonyl (C=O) groups is 1. The Morgan fingerprint density at radius 1 is 1.15 bits per heavy atom. The van der Waals surface area contributed by atoms with Gasteiger partial charge in [-0.15, -0.1) is 22.0 Å². The van der Waals surface area contributed by atoms with Crippen LogP contribution in [0.3, 0.4) is 0 Å². The molecule has 0 fully saturated rings. The van der Waals surface area contributed by atoms with Crippen molar-refractivity contribution in [2.75, 3.05) is 17.3 Å². The zero-order valence-electron chi connectivity index (χ0n) is 14.5. The highest BCUT2D eigenvalue weighted by molar-refractivity contribution is 7.99. The molecule has 0 radical (unpaired) electrons. The van der Waals surface area contributed by atoms with Crippen molar-refractivity contribution < 1.29 is 4.79 Å². The van der Waals surface area contributed by atoms with E-state index in [1.807, 2.05) is 54.1 Å². The van der Waals surface area contributed by atoms with E-state index in [1.54, 1.807) is 24.2 Å². The quantitative estimate of drug-likeness (QED) is 0.624. The fourth-order valence-electron chi connectivity index (χ4n) is 2.46. The summed E-state index contributed by atoms with van der Waals surface area (Å²) in [6.45, 7) is 2.76. The molecule has 6 nitrogen and oxygen atoms in total. The van der Waals surface area contributed by atoms with E-state index in [9.17, 15) is 4.79 Å². The fourth-order valence-corrected chi connectivity index (χ4v) is 3.82. The van der Waals surface area contributed by atoms with E-state index in [0.717, 1.165) is 33.7 Å². The van der Waals surface area contributed by atoms with Crippen LogP contribution in [0.2, 0.25) is 0 Å². The van der Waals surface area contributed by atoms with Crippen molar-refractivity contribution >= 4 is 35.1 Å². The zero-order chi connectivity index (χ0) is 18.4. The Hall–Kier alpha value is -2.32. The summed E-state index contributed by atoms with van der Waals surface area (Å²) in [5.41, 5.74) is 1.79. The molecular formula is C18H19N5OS2. The average molecular weight is 386 g/mol. The molecule has 0 aliphatic rings. The second kappa shape index (κ2) is 8.86. The van der Waals surface area contributed by atoms with Gasteiger partial charge in [0.15, 0.2) is 11.0 Å². The lowest BCUT2D eigenvalue weighted by molar-refractivity contribution is -0.113. The van der Waals surface area contributed by atoms with Gasteiger partial charge in [0, 0.05) is 29.4 Å². The number of amides is 1. The Morgan fingerprint density at radius 2 is 1.92 bits per heavy atom. The Balaban J connectivity index is 1.68. The van der Waals surface area contributed by atoms with Gasteiger partial charge in [0.1, 0.15) is 0 Å². The first-order valence-electron chi connectivity index (χ1n) is 8.12. The Kier molecular flexibility index (Phi) is 6.30. The number of para-hydroxylation sites is 1. The SMILES string of the molecule is CCn1c(SCC(=O)Nc2ccccc2SC)nnc1-c1ccncc1. The third-order valence-electron chi connectivity index (χ3n) is 3.69. The highest BCUT2D eigenvalue weighted by Gasteiger charge is 2.15. The van der Waals surface area contributed by atoms with Crippen molar-refractivity contribution in [2.24, 2.45) is 0 Å². The molecule has 0 aliphatic heterocycles. The summed E-state index contributed by atoms with van der Waals surface area (Å²) in [6.07, 6.45) is 5.45. The summed E-state index contributed by atoms with van der Waals surface area (Å²) in [4.78, 5) is 17.4. The Morgan fingerprint density at radius 3 is 2.65 bits per heavy atom. The minimum atomic E-state index is -0.0624. The molecule has 0 atom stereocenters. The van der Waals surface area contributed by atoms with Crippen LogP contribution in [-0.2, 0) is 11.3 Å². The van der Waals surface area contributed by atoms with Crippen LogP contribution in [0.1, 0.15) is 6.92 Å². The number of nitrogens with zero attached hydrogens (tertiary/aromatic N) is 4. The molecule has 0 spiro atoms. The van der Waals surface area contributed by atoms with Crippen molar-refractivity contribution in [3.05, 3.63) is 48.8 Å². The van der Waals surface area contributed by atoms with Crippen LogP contribution in [0.5, 0.6) is 0 Å². The number of hydrogen-bond acceptors (Lipinski definition) is 6. The lowest BCUT2D eigenvalue weighted by Gasteiger charge is -2.09. The molecule has 1 aromatic carbocycles. The van der Waals surface area contributed by atoms with Crippen LogP contribution < -0.4 is 5.32 Å². The number of rotatable bonds is 7. The van der Waals surface area contributed by atoms with Crippen LogP contribution in [0.15, 0.2) is 58.8 Å². The van der Waals surface area contributed by atoms with Crippen LogP contribution in [-0.4, -0.2) is 37.7 Å². The summed E-state index contributed by atoms with van der Waals surface area (Å²) >= 11 is 2.99. The van der Waals surface area contributed by atoms with E-state index < -0.39 is 0 Å². The maximum Gasteiger partial charge on any atom is 0.234 e. The molecule has 8 heteroatoms. The van der Waals surface area contributed by atoms with Gasteiger partial charge in [-0.1, -0.05) is 23.9 Å². The van der Waals surface area contributed by atoms with Crippen molar-refractivity contribution in [1.82, 2.24) is 19.7 Å². The third-order valence-corrected chi connectivity index (χ3v) is 5.45. The molecule has 0 saturated carbocycles. The van der Waals surface area contributed by atoms with E-state index in [-0.39, 0.29) is 11.7 Å². The number of thioether (sulfide) groups is 2. The maximum absolute atomic E-state index is 12.3. The van der Waals surface area contributed by atoms with E-state index in [0.29, 0.717) is 0 Å². The lowest BCUT2D eigenvalue weighted by atomic mass is 10.2. The van der Waals surface area contributed by atoms with Crippen LogP contribution in [0.4, 0.5) is 5.69 Å². The molecule has 26 heavy (non-hydrogen) atoms. The largest absolute Gasteiger partial charge is 0.324 e. The van der Waals surface area contributed by atoms with Gasteiger partial charge in [-0.3, -0.25) is 9.78 Å². The summed E-state index contributed by atoms with van der Waals surface area (Å²) < 4.78 is 2.00. The number of anilines is 1. The maximum atomic E-state index is 12.3. The van der Waals surface area contributed by atoms with Crippen molar-refractivity contribution in [3.63, 3.8) is 0 Å². The number of nitrogens with one attached hydrogen (secondary N) is 1. The molecular weight excluding hydrogens is 366 g/mol. The molecule has 1 N–H and O–H groups in total. The molecule has 3 aromatic rings. The molecule has 2 aromatic heterocycles. The predicted molar refractivity (Wildman–Crippen MR) is 107 cm³/mol. The minimum Gasteiger partial charge on any atom is -0.324 e. The van der Waals surface area contributed by atoms with E-state index in [2.05, 4.69) is 20.5 Å². The molecule has 0 unspecified atom stereocenters. The molecule has 0 aliphatic carbocycles. The zero-order valence-corrected chi connectivity index (χ0v) is 16.2. The van der Waals surface area contributed by atoms with Crippen LogP contribution in [0, 0.1) is 0 Å². The topological polar surface area (TPSA) is 72.7 Å². The van der Waals surface area contributed by atoms with Crippen LogP contribution in [0.25, 0.3) is 11.4 Å². The number of benzene rings is 1. The summed E-state index contributed by atoms with van der Waals surface area (Å²) in [7, 11) is 0. The van der Waals surface area contributed by atoms with Gasteiger partial charge in [0.05, 0.1) is 11.4 Å². The molecule has 0 bridgehead atoms. The van der Waals surface area contributed by atoms with E-state index >= 15 is 0 Å². The summed E-state index contributed by atoms with van der Waals surface area (Å²) in [5.74, 6) is 0.996. The molecule has 2 heterocycles. The van der Waals surface area contributed by atoms with Gasteiger partial charge in [-0.05, 0) is 37.4 Å². The molecule has 134 valence electrons. The van der Waals surface area contributed by atoms with Gasteiger partial charge in [0.25, 0.3) is 0 Å². The van der Waals surface area contributed by atoms with Gasteiger partial charge < -0.3 is 9.88 Å². The monoisotopic (exact) mass is 385 g/mol. The normalized spacial score (nSPS) is 10.7. The van der Waals surface area contributed by atoms with Gasteiger partial charge in [-0.2, -0.15) is 0 Å².